The van der Waals surface area contributed by atoms with E-state index in [-0.39, 0.29) is 34.4 Å². The first-order chi connectivity index (χ1) is 17.2. The third-order valence-corrected chi connectivity index (χ3v) is 6.47. The van der Waals surface area contributed by atoms with Gasteiger partial charge in [0, 0.05) is 30.1 Å². The number of benzene rings is 2. The highest BCUT2D eigenvalue weighted by atomic mass is 19.4. The second-order valence-corrected chi connectivity index (χ2v) is 10.6. The SMILES string of the molecule is CC(C)Oc1ccc(-c2nc(-c3ccc4c(c3)CCN(C(=O)O)CC4C(C)(C)C)no2)cc1C(F)(F)F. The van der Waals surface area contributed by atoms with Crippen LogP contribution in [0.5, 0.6) is 5.75 Å². The molecule has 2 heterocycles. The molecular formula is C27H30F3N3O4. The van der Waals surface area contributed by atoms with Crippen LogP contribution in [-0.4, -0.2) is 45.4 Å². The van der Waals surface area contributed by atoms with E-state index in [1.165, 1.54) is 17.0 Å². The highest BCUT2D eigenvalue weighted by Crippen LogP contribution is 2.41. The van der Waals surface area contributed by atoms with Crippen molar-refractivity contribution in [2.24, 2.45) is 5.41 Å². The second kappa shape index (κ2) is 9.72. The van der Waals surface area contributed by atoms with Crippen LogP contribution in [0.15, 0.2) is 40.9 Å². The van der Waals surface area contributed by atoms with Crippen molar-refractivity contribution in [1.29, 1.82) is 0 Å². The van der Waals surface area contributed by atoms with Gasteiger partial charge in [-0.1, -0.05) is 38.1 Å². The Labute approximate surface area is 213 Å². The number of amides is 1. The lowest BCUT2D eigenvalue weighted by molar-refractivity contribution is -0.139. The number of hydrogen-bond acceptors (Lipinski definition) is 5. The average molecular weight is 518 g/mol. The molecule has 0 bridgehead atoms. The van der Waals surface area contributed by atoms with E-state index in [1.54, 1.807) is 13.8 Å². The van der Waals surface area contributed by atoms with Gasteiger partial charge < -0.3 is 19.3 Å². The van der Waals surface area contributed by atoms with Gasteiger partial charge in [-0.15, -0.1) is 0 Å². The maximum Gasteiger partial charge on any atom is 0.419 e. The number of alkyl halides is 3. The van der Waals surface area contributed by atoms with Crippen molar-refractivity contribution in [2.75, 3.05) is 13.1 Å². The molecule has 1 aliphatic rings. The Kier molecular flexibility index (Phi) is 6.96. The third kappa shape index (κ3) is 5.73. The summed E-state index contributed by atoms with van der Waals surface area (Å²) in [6.07, 6.45) is -5.46. The van der Waals surface area contributed by atoms with Crippen LogP contribution in [0.1, 0.15) is 57.2 Å². The Hall–Kier alpha value is -3.56. The number of nitrogens with zero attached hydrogens (tertiary/aromatic N) is 3. The van der Waals surface area contributed by atoms with Gasteiger partial charge in [0.25, 0.3) is 5.89 Å². The first-order valence-corrected chi connectivity index (χ1v) is 12.1. The molecule has 0 saturated heterocycles. The minimum Gasteiger partial charge on any atom is -0.490 e. The van der Waals surface area contributed by atoms with E-state index in [4.69, 9.17) is 9.26 Å². The van der Waals surface area contributed by atoms with E-state index < -0.39 is 23.9 Å². The molecule has 7 nitrogen and oxygen atoms in total. The van der Waals surface area contributed by atoms with Gasteiger partial charge in [0.15, 0.2) is 0 Å². The predicted molar refractivity (Wildman–Crippen MR) is 131 cm³/mol. The highest BCUT2D eigenvalue weighted by molar-refractivity contribution is 5.66. The van der Waals surface area contributed by atoms with Crippen molar-refractivity contribution in [3.05, 3.63) is 53.1 Å². The van der Waals surface area contributed by atoms with Crippen LogP contribution in [0.2, 0.25) is 0 Å². The molecule has 1 amide bonds. The number of carboxylic acid groups (broad SMARTS) is 1. The molecule has 10 heteroatoms. The zero-order valence-electron chi connectivity index (χ0n) is 21.4. The maximum atomic E-state index is 13.7. The quantitative estimate of drug-likeness (QED) is 0.406. The summed E-state index contributed by atoms with van der Waals surface area (Å²) in [4.78, 5) is 17.5. The molecule has 3 aromatic rings. The van der Waals surface area contributed by atoms with Crippen LogP contribution >= 0.6 is 0 Å². The molecule has 2 aromatic carbocycles. The van der Waals surface area contributed by atoms with Gasteiger partial charge in [-0.3, -0.25) is 0 Å². The normalized spacial score (nSPS) is 16.5. The fourth-order valence-electron chi connectivity index (χ4n) is 4.58. The number of carbonyl (C=O) groups is 1. The molecule has 1 unspecified atom stereocenters. The molecule has 0 spiro atoms. The van der Waals surface area contributed by atoms with Crippen LogP contribution in [-0.2, 0) is 12.6 Å². The molecular weight excluding hydrogens is 487 g/mol. The summed E-state index contributed by atoms with van der Waals surface area (Å²) in [6.45, 7) is 10.3. The van der Waals surface area contributed by atoms with Crippen molar-refractivity contribution in [3.63, 3.8) is 0 Å². The van der Waals surface area contributed by atoms with Crippen molar-refractivity contribution < 1.29 is 32.3 Å². The number of hydrogen-bond donors (Lipinski definition) is 1. The lowest BCUT2D eigenvalue weighted by Crippen LogP contribution is -2.36. The number of aromatic nitrogens is 2. The Morgan fingerprint density at radius 3 is 2.46 bits per heavy atom. The third-order valence-electron chi connectivity index (χ3n) is 6.47. The van der Waals surface area contributed by atoms with Crippen LogP contribution in [0.4, 0.5) is 18.0 Å². The average Bonchev–Trinajstić information content (AvgIpc) is 3.19. The largest absolute Gasteiger partial charge is 0.490 e. The van der Waals surface area contributed by atoms with Gasteiger partial charge in [-0.05, 0) is 61.1 Å². The van der Waals surface area contributed by atoms with E-state index in [9.17, 15) is 23.1 Å². The first-order valence-electron chi connectivity index (χ1n) is 12.1. The summed E-state index contributed by atoms with van der Waals surface area (Å²) in [7, 11) is 0. The van der Waals surface area contributed by atoms with Crippen LogP contribution in [0.25, 0.3) is 22.8 Å². The van der Waals surface area contributed by atoms with Crippen molar-refractivity contribution in [3.8, 4) is 28.6 Å². The second-order valence-electron chi connectivity index (χ2n) is 10.6. The molecule has 4 rings (SSSR count). The van der Waals surface area contributed by atoms with E-state index in [2.05, 4.69) is 30.9 Å². The van der Waals surface area contributed by atoms with Gasteiger partial charge in [0.05, 0.1) is 11.7 Å². The van der Waals surface area contributed by atoms with E-state index in [1.807, 2.05) is 18.2 Å². The summed E-state index contributed by atoms with van der Waals surface area (Å²) < 4.78 is 51.7. The number of ether oxygens (including phenoxy) is 1. The van der Waals surface area contributed by atoms with Crippen LogP contribution in [0.3, 0.4) is 0 Å². The maximum absolute atomic E-state index is 13.7. The summed E-state index contributed by atoms with van der Waals surface area (Å²) >= 11 is 0. The monoisotopic (exact) mass is 517 g/mol. The molecule has 1 N–H and O–H groups in total. The fraction of sp³-hybridized carbons (Fsp3) is 0.444. The Balaban J connectivity index is 1.68. The van der Waals surface area contributed by atoms with E-state index in [0.29, 0.717) is 25.1 Å². The highest BCUT2D eigenvalue weighted by Gasteiger charge is 2.36. The molecule has 0 aliphatic carbocycles. The topological polar surface area (TPSA) is 88.7 Å². The Morgan fingerprint density at radius 1 is 1.14 bits per heavy atom. The minimum atomic E-state index is -4.62. The summed E-state index contributed by atoms with van der Waals surface area (Å²) in [5, 5.41) is 13.6. The van der Waals surface area contributed by atoms with Gasteiger partial charge in [0.1, 0.15) is 5.75 Å². The summed E-state index contributed by atoms with van der Waals surface area (Å²) in [6, 6.07) is 9.36. The predicted octanol–water partition coefficient (Wildman–Crippen LogP) is 6.88. The first kappa shape index (κ1) is 26.5. The molecule has 0 radical (unpaired) electrons. The number of rotatable bonds is 4. The molecule has 1 aromatic heterocycles. The van der Waals surface area contributed by atoms with E-state index in [0.717, 1.165) is 17.2 Å². The molecule has 0 fully saturated rings. The van der Waals surface area contributed by atoms with E-state index >= 15 is 0 Å². The van der Waals surface area contributed by atoms with Gasteiger partial charge in [0.2, 0.25) is 5.82 Å². The smallest absolute Gasteiger partial charge is 0.419 e. The summed E-state index contributed by atoms with van der Waals surface area (Å²) in [5.41, 5.74) is 1.73. The molecule has 198 valence electrons. The van der Waals surface area contributed by atoms with Gasteiger partial charge in [-0.25, -0.2) is 4.79 Å². The standard InChI is InChI=1S/C27H30F3N3O4/c1-15(2)36-22-9-7-18(13-20(22)27(28,29)30)24-31-23(32-37-24)17-6-8-19-16(12-17)10-11-33(25(34)35)14-21(19)26(3,4)5/h6-9,12-13,15,21H,10-11,14H2,1-5H3,(H,34,35). The lowest BCUT2D eigenvalue weighted by Gasteiger charge is -2.33. The van der Waals surface area contributed by atoms with Crippen LogP contribution < -0.4 is 4.74 Å². The molecule has 1 aliphatic heterocycles. The van der Waals surface area contributed by atoms with Crippen molar-refractivity contribution >= 4 is 6.09 Å². The molecule has 37 heavy (non-hydrogen) atoms. The lowest BCUT2D eigenvalue weighted by atomic mass is 9.75. The van der Waals surface area contributed by atoms with Crippen molar-refractivity contribution in [1.82, 2.24) is 15.0 Å². The number of halogens is 3. The minimum absolute atomic E-state index is 0.0108. The van der Waals surface area contributed by atoms with Crippen molar-refractivity contribution in [2.45, 2.75) is 59.2 Å². The zero-order chi connectivity index (χ0) is 27.1. The van der Waals surface area contributed by atoms with Gasteiger partial charge >= 0.3 is 12.3 Å². The Morgan fingerprint density at radius 2 is 1.84 bits per heavy atom. The van der Waals surface area contributed by atoms with Gasteiger partial charge in [-0.2, -0.15) is 18.2 Å². The molecule has 0 saturated carbocycles. The molecule has 1 atom stereocenters. The van der Waals surface area contributed by atoms with Crippen LogP contribution in [0, 0.1) is 5.41 Å². The zero-order valence-corrected chi connectivity index (χ0v) is 21.4. The summed E-state index contributed by atoms with van der Waals surface area (Å²) in [5.74, 6) is -0.0828. The fourth-order valence-corrected chi connectivity index (χ4v) is 4.58. The Bertz CT molecular complexity index is 1290. The number of fused-ring (bicyclic) bond motifs is 1.